The van der Waals surface area contributed by atoms with Crippen LogP contribution in [-0.2, 0) is 9.53 Å². The fourth-order valence-electron chi connectivity index (χ4n) is 1.17. The number of hydrogen-bond acceptors (Lipinski definition) is 2. The van der Waals surface area contributed by atoms with Crippen LogP contribution in [0.5, 0.6) is 0 Å². The summed E-state index contributed by atoms with van der Waals surface area (Å²) >= 11 is 0. The highest BCUT2D eigenvalue weighted by Gasteiger charge is 2.00. The number of unbranched alkanes of at least 4 members (excludes halogenated alkanes) is 3. The maximum atomic E-state index is 11.2. The van der Waals surface area contributed by atoms with Crippen LogP contribution >= 0.6 is 0 Å². The van der Waals surface area contributed by atoms with Gasteiger partial charge in [-0.1, -0.05) is 38.8 Å². The van der Waals surface area contributed by atoms with E-state index >= 15 is 0 Å². The van der Waals surface area contributed by atoms with Gasteiger partial charge in [-0.05, 0) is 25.7 Å². The lowest BCUT2D eigenvalue weighted by Crippen LogP contribution is -2.04. The molecule has 0 unspecified atom stereocenters. The van der Waals surface area contributed by atoms with Crippen LogP contribution in [0.15, 0.2) is 12.2 Å². The summed E-state index contributed by atoms with van der Waals surface area (Å²) in [6, 6.07) is 0. The molecule has 0 aromatic heterocycles. The summed E-state index contributed by atoms with van der Waals surface area (Å²) in [7, 11) is 0. The Morgan fingerprint density at radius 2 is 1.80 bits per heavy atom. The zero-order chi connectivity index (χ0) is 11.4. The summed E-state index contributed by atoms with van der Waals surface area (Å²) in [6.07, 6.45) is 11.2. The minimum atomic E-state index is -0.0488. The van der Waals surface area contributed by atoms with Crippen LogP contribution in [0.2, 0.25) is 0 Å². The van der Waals surface area contributed by atoms with E-state index in [0.29, 0.717) is 13.0 Å². The molecule has 0 aliphatic rings. The molecule has 88 valence electrons. The zero-order valence-corrected chi connectivity index (χ0v) is 10.1. The second-order valence-corrected chi connectivity index (χ2v) is 3.73. The van der Waals surface area contributed by atoms with Crippen molar-refractivity contribution >= 4 is 5.97 Å². The summed E-state index contributed by atoms with van der Waals surface area (Å²) in [6.45, 7) is 4.84. The highest BCUT2D eigenvalue weighted by molar-refractivity contribution is 5.69. The van der Waals surface area contributed by atoms with Crippen molar-refractivity contribution in [1.82, 2.24) is 0 Å². The molecule has 0 aliphatic carbocycles. The molecular formula is C13H24O2. The minimum absolute atomic E-state index is 0.0488. The van der Waals surface area contributed by atoms with Crippen LogP contribution in [0.1, 0.15) is 58.8 Å². The van der Waals surface area contributed by atoms with Crippen LogP contribution in [0.4, 0.5) is 0 Å². The number of ether oxygens (including phenoxy) is 1. The number of rotatable bonds is 9. The molecule has 0 bridgehead atoms. The molecule has 0 radical (unpaired) electrons. The predicted molar refractivity (Wildman–Crippen MR) is 63.8 cm³/mol. The molecule has 0 spiro atoms. The van der Waals surface area contributed by atoms with Crippen LogP contribution in [0, 0.1) is 0 Å². The number of esters is 1. The molecule has 0 saturated heterocycles. The second-order valence-electron chi connectivity index (χ2n) is 3.73. The summed E-state index contributed by atoms with van der Waals surface area (Å²) < 4.78 is 5.05. The Morgan fingerprint density at radius 1 is 1.07 bits per heavy atom. The Balaban J connectivity index is 3.23. The molecule has 2 heteroatoms. The van der Waals surface area contributed by atoms with Crippen molar-refractivity contribution in [1.29, 1.82) is 0 Å². The first-order valence-corrected chi connectivity index (χ1v) is 6.11. The summed E-state index contributed by atoms with van der Waals surface area (Å²) in [5.41, 5.74) is 0. The Morgan fingerprint density at radius 3 is 2.47 bits per heavy atom. The largest absolute Gasteiger partial charge is 0.466 e. The van der Waals surface area contributed by atoms with Gasteiger partial charge in [0.2, 0.25) is 0 Å². The third kappa shape index (κ3) is 11.1. The van der Waals surface area contributed by atoms with Crippen molar-refractivity contribution in [3.8, 4) is 0 Å². The van der Waals surface area contributed by atoms with Crippen LogP contribution in [0.3, 0.4) is 0 Å². The topological polar surface area (TPSA) is 26.3 Å². The first-order chi connectivity index (χ1) is 7.31. The lowest BCUT2D eigenvalue weighted by atomic mass is 10.2. The van der Waals surface area contributed by atoms with E-state index < -0.39 is 0 Å². The highest BCUT2D eigenvalue weighted by Crippen LogP contribution is 2.01. The van der Waals surface area contributed by atoms with E-state index in [1.165, 1.54) is 6.42 Å². The van der Waals surface area contributed by atoms with Gasteiger partial charge in [-0.3, -0.25) is 4.79 Å². The number of carbonyl (C=O) groups excluding carboxylic acids is 1. The smallest absolute Gasteiger partial charge is 0.305 e. The zero-order valence-electron chi connectivity index (χ0n) is 10.1. The molecule has 0 atom stereocenters. The van der Waals surface area contributed by atoms with E-state index in [9.17, 15) is 4.79 Å². The van der Waals surface area contributed by atoms with Crippen molar-refractivity contribution in [2.75, 3.05) is 6.61 Å². The van der Waals surface area contributed by atoms with Crippen LogP contribution in [0.25, 0.3) is 0 Å². The van der Waals surface area contributed by atoms with Crippen molar-refractivity contribution in [3.05, 3.63) is 12.2 Å². The van der Waals surface area contributed by atoms with Crippen LogP contribution < -0.4 is 0 Å². The quantitative estimate of drug-likeness (QED) is 0.329. The van der Waals surface area contributed by atoms with Gasteiger partial charge in [-0.15, -0.1) is 0 Å². The SMILES string of the molecule is CCC/C=C/CCCC(=O)OCCCC. The third-order valence-corrected chi connectivity index (χ3v) is 2.13. The fourth-order valence-corrected chi connectivity index (χ4v) is 1.17. The molecule has 0 N–H and O–H groups in total. The van der Waals surface area contributed by atoms with Gasteiger partial charge < -0.3 is 4.74 Å². The van der Waals surface area contributed by atoms with Gasteiger partial charge in [0.25, 0.3) is 0 Å². The molecule has 0 aliphatic heterocycles. The van der Waals surface area contributed by atoms with Gasteiger partial charge in [0.05, 0.1) is 6.61 Å². The molecule has 2 nitrogen and oxygen atoms in total. The van der Waals surface area contributed by atoms with Gasteiger partial charge in [0.1, 0.15) is 0 Å². The molecule has 0 aromatic rings. The maximum absolute atomic E-state index is 11.2. The fraction of sp³-hybridized carbons (Fsp3) is 0.769. The maximum Gasteiger partial charge on any atom is 0.305 e. The summed E-state index contributed by atoms with van der Waals surface area (Å²) in [5, 5.41) is 0. The molecular weight excluding hydrogens is 188 g/mol. The van der Waals surface area contributed by atoms with E-state index in [2.05, 4.69) is 26.0 Å². The molecule has 0 heterocycles. The van der Waals surface area contributed by atoms with Gasteiger partial charge in [-0.2, -0.15) is 0 Å². The summed E-state index contributed by atoms with van der Waals surface area (Å²) in [5.74, 6) is -0.0488. The lowest BCUT2D eigenvalue weighted by molar-refractivity contribution is -0.143. The number of hydrogen-bond donors (Lipinski definition) is 0. The van der Waals surface area contributed by atoms with Gasteiger partial charge in [0, 0.05) is 6.42 Å². The predicted octanol–water partition coefficient (Wildman–Crippen LogP) is 3.86. The Bertz CT molecular complexity index is 173. The number of carbonyl (C=O) groups is 1. The Hall–Kier alpha value is -0.790. The van der Waals surface area contributed by atoms with Crippen molar-refractivity contribution in [2.45, 2.75) is 58.8 Å². The average molecular weight is 212 g/mol. The van der Waals surface area contributed by atoms with Crippen molar-refractivity contribution < 1.29 is 9.53 Å². The van der Waals surface area contributed by atoms with Gasteiger partial charge >= 0.3 is 5.97 Å². The van der Waals surface area contributed by atoms with E-state index in [0.717, 1.165) is 32.1 Å². The minimum Gasteiger partial charge on any atom is -0.466 e. The third-order valence-electron chi connectivity index (χ3n) is 2.13. The van der Waals surface area contributed by atoms with E-state index in [1.807, 2.05) is 0 Å². The molecule has 0 amide bonds. The van der Waals surface area contributed by atoms with Crippen molar-refractivity contribution in [3.63, 3.8) is 0 Å². The molecule has 0 aromatic carbocycles. The lowest BCUT2D eigenvalue weighted by Gasteiger charge is -2.02. The molecule has 0 rings (SSSR count). The Labute approximate surface area is 93.7 Å². The highest BCUT2D eigenvalue weighted by atomic mass is 16.5. The number of allylic oxidation sites excluding steroid dienone is 2. The van der Waals surface area contributed by atoms with Gasteiger partial charge in [0.15, 0.2) is 0 Å². The molecule has 15 heavy (non-hydrogen) atoms. The monoisotopic (exact) mass is 212 g/mol. The van der Waals surface area contributed by atoms with Gasteiger partial charge in [-0.25, -0.2) is 0 Å². The van der Waals surface area contributed by atoms with Crippen LogP contribution in [-0.4, -0.2) is 12.6 Å². The van der Waals surface area contributed by atoms with E-state index in [4.69, 9.17) is 4.74 Å². The molecule has 0 saturated carbocycles. The Kier molecular flexibility index (Phi) is 10.7. The van der Waals surface area contributed by atoms with E-state index in [1.54, 1.807) is 0 Å². The first-order valence-electron chi connectivity index (χ1n) is 6.11. The normalized spacial score (nSPS) is 10.8. The second kappa shape index (κ2) is 11.3. The average Bonchev–Trinajstić information content (AvgIpc) is 2.23. The molecule has 0 fully saturated rings. The van der Waals surface area contributed by atoms with E-state index in [-0.39, 0.29) is 5.97 Å². The van der Waals surface area contributed by atoms with Crippen molar-refractivity contribution in [2.24, 2.45) is 0 Å². The standard InChI is InChI=1S/C13H24O2/c1-3-5-7-8-9-10-11-13(14)15-12-6-4-2/h7-8H,3-6,9-12H2,1-2H3/b8-7+. The summed E-state index contributed by atoms with van der Waals surface area (Å²) in [4.78, 5) is 11.2. The first kappa shape index (κ1) is 14.2.